The van der Waals surface area contributed by atoms with Crippen LogP contribution in [0.4, 0.5) is 0 Å². The van der Waals surface area contributed by atoms with Gasteiger partial charge in [-0.1, -0.05) is 43.7 Å². The summed E-state index contributed by atoms with van der Waals surface area (Å²) in [4.78, 5) is 7.38. The zero-order valence-corrected chi connectivity index (χ0v) is 15.0. The maximum Gasteiger partial charge on any atom is 0.153 e. The van der Waals surface area contributed by atoms with Crippen LogP contribution < -0.4 is 0 Å². The topological polar surface area (TPSA) is 41.6 Å². The van der Waals surface area contributed by atoms with Crippen LogP contribution in [0.2, 0.25) is 0 Å². The molecule has 3 aliphatic rings. The summed E-state index contributed by atoms with van der Waals surface area (Å²) in [6, 6.07) is 3.45. The molecule has 4 heteroatoms. The van der Waals surface area contributed by atoms with Gasteiger partial charge in [-0.2, -0.15) is 0 Å². The zero-order valence-electron chi connectivity index (χ0n) is 15.0. The molecule has 132 valence electrons. The molecule has 0 unspecified atom stereocenters. The molecule has 3 saturated carbocycles. The predicted molar refractivity (Wildman–Crippen MR) is 96.5 cm³/mol. The van der Waals surface area contributed by atoms with Gasteiger partial charge < -0.3 is 9.42 Å². The van der Waals surface area contributed by atoms with E-state index in [1.54, 1.807) is 0 Å². The Hall–Kier alpha value is -1.32. The van der Waals surface area contributed by atoms with Crippen molar-refractivity contribution in [2.45, 2.75) is 95.1 Å². The van der Waals surface area contributed by atoms with E-state index in [2.05, 4.69) is 16.1 Å². The second-order valence-electron chi connectivity index (χ2n) is 7.93. The monoisotopic (exact) mass is 329 g/mol. The molecule has 0 saturated heterocycles. The van der Waals surface area contributed by atoms with Crippen LogP contribution in [0.5, 0.6) is 0 Å². The molecule has 1 aromatic rings. The summed E-state index contributed by atoms with van der Waals surface area (Å²) in [5.41, 5.74) is 0.968. The number of aromatic nitrogens is 1. The van der Waals surface area contributed by atoms with Crippen molar-refractivity contribution in [1.82, 2.24) is 10.1 Å². The summed E-state index contributed by atoms with van der Waals surface area (Å²) >= 11 is 0. The van der Waals surface area contributed by atoms with E-state index in [4.69, 9.17) is 9.52 Å². The molecule has 4 nitrogen and oxygen atoms in total. The maximum absolute atomic E-state index is 5.64. The molecule has 0 amide bonds. The van der Waals surface area contributed by atoms with Crippen molar-refractivity contribution in [2.24, 2.45) is 4.99 Å². The number of hydrogen-bond donors (Lipinski definition) is 0. The molecule has 1 aromatic heterocycles. The molecule has 0 spiro atoms. The first-order chi connectivity index (χ1) is 11.9. The predicted octanol–water partition coefficient (Wildman–Crippen LogP) is 4.90. The lowest BCUT2D eigenvalue weighted by Gasteiger charge is -2.43. The Morgan fingerprint density at radius 1 is 0.958 bits per heavy atom. The average Bonchev–Trinajstić information content (AvgIpc) is 3.39. The lowest BCUT2D eigenvalue weighted by Crippen LogP contribution is -2.49. The highest BCUT2D eigenvalue weighted by atomic mass is 16.5. The molecular weight excluding hydrogens is 298 g/mol. The van der Waals surface area contributed by atoms with Gasteiger partial charge in [-0.05, 0) is 38.5 Å². The van der Waals surface area contributed by atoms with E-state index in [1.807, 2.05) is 7.05 Å². The summed E-state index contributed by atoms with van der Waals surface area (Å²) < 4.78 is 5.64. The molecule has 3 fully saturated rings. The van der Waals surface area contributed by atoms with Crippen molar-refractivity contribution in [3.63, 3.8) is 0 Å². The minimum absolute atomic E-state index is 0.613. The number of amidine groups is 1. The highest BCUT2D eigenvalue weighted by Crippen LogP contribution is 2.40. The molecule has 0 aromatic carbocycles. The van der Waals surface area contributed by atoms with E-state index < -0.39 is 0 Å². The van der Waals surface area contributed by atoms with Gasteiger partial charge in [-0.15, -0.1) is 0 Å². The van der Waals surface area contributed by atoms with Crippen LogP contribution in [0, 0.1) is 0 Å². The third kappa shape index (κ3) is 3.38. The largest absolute Gasteiger partial charge is 0.360 e. The van der Waals surface area contributed by atoms with Gasteiger partial charge >= 0.3 is 0 Å². The molecule has 0 atom stereocenters. The fourth-order valence-electron chi connectivity index (χ4n) is 4.68. The Morgan fingerprint density at radius 2 is 1.54 bits per heavy atom. The van der Waals surface area contributed by atoms with Crippen molar-refractivity contribution < 1.29 is 4.52 Å². The summed E-state index contributed by atoms with van der Waals surface area (Å²) in [6.07, 6.45) is 16.0. The minimum Gasteiger partial charge on any atom is -0.360 e. The second kappa shape index (κ2) is 7.28. The molecule has 0 aliphatic heterocycles. The first-order valence-corrected chi connectivity index (χ1v) is 10.1. The summed E-state index contributed by atoms with van der Waals surface area (Å²) in [7, 11) is 1.93. The Morgan fingerprint density at radius 3 is 2.04 bits per heavy atom. The van der Waals surface area contributed by atoms with Crippen LogP contribution in [-0.4, -0.2) is 35.0 Å². The van der Waals surface area contributed by atoms with Crippen LogP contribution in [-0.2, 0) is 0 Å². The van der Waals surface area contributed by atoms with E-state index in [-0.39, 0.29) is 0 Å². The fourth-order valence-corrected chi connectivity index (χ4v) is 4.68. The lowest BCUT2D eigenvalue weighted by molar-refractivity contribution is 0.157. The van der Waals surface area contributed by atoms with E-state index in [0.29, 0.717) is 18.0 Å². The highest BCUT2D eigenvalue weighted by molar-refractivity contribution is 5.97. The molecule has 24 heavy (non-hydrogen) atoms. The quantitative estimate of drug-likeness (QED) is 0.583. The summed E-state index contributed by atoms with van der Waals surface area (Å²) in [5.74, 6) is 2.77. The number of hydrogen-bond acceptors (Lipinski definition) is 3. The molecule has 0 N–H and O–H groups in total. The molecule has 3 aliphatic carbocycles. The third-order valence-corrected chi connectivity index (χ3v) is 6.13. The van der Waals surface area contributed by atoms with Crippen LogP contribution in [0.25, 0.3) is 0 Å². The molecule has 0 radical (unpaired) electrons. The lowest BCUT2D eigenvalue weighted by atomic mass is 9.88. The van der Waals surface area contributed by atoms with Gasteiger partial charge in [0.2, 0.25) is 0 Å². The van der Waals surface area contributed by atoms with E-state index >= 15 is 0 Å². The Balaban J connectivity index is 1.60. The number of aliphatic imine (C=N–C) groups is 1. The van der Waals surface area contributed by atoms with Crippen molar-refractivity contribution in [1.29, 1.82) is 0 Å². The molecular formula is C20H31N3O. The standard InChI is InChI=1S/C20H31N3O/c1-21-20(18-14-19(24-22-18)15-12-13-15)23(16-8-4-2-5-9-16)17-10-6-3-7-11-17/h14-17H,2-13H2,1H3. The zero-order chi connectivity index (χ0) is 16.4. The van der Waals surface area contributed by atoms with Gasteiger partial charge in [0, 0.05) is 31.1 Å². The van der Waals surface area contributed by atoms with Gasteiger partial charge in [0.15, 0.2) is 5.84 Å². The van der Waals surface area contributed by atoms with Crippen LogP contribution in [0.1, 0.15) is 94.4 Å². The molecule has 4 rings (SSSR count). The third-order valence-electron chi connectivity index (χ3n) is 6.13. The van der Waals surface area contributed by atoms with Crippen LogP contribution in [0.15, 0.2) is 15.6 Å². The van der Waals surface area contributed by atoms with Crippen molar-refractivity contribution in [3.05, 3.63) is 17.5 Å². The van der Waals surface area contributed by atoms with Crippen molar-refractivity contribution in [2.75, 3.05) is 7.05 Å². The van der Waals surface area contributed by atoms with Crippen molar-refractivity contribution in [3.8, 4) is 0 Å². The minimum atomic E-state index is 0.613. The van der Waals surface area contributed by atoms with Crippen LogP contribution >= 0.6 is 0 Å². The average molecular weight is 329 g/mol. The van der Waals surface area contributed by atoms with Gasteiger partial charge in [0.25, 0.3) is 0 Å². The van der Waals surface area contributed by atoms with E-state index in [0.717, 1.165) is 17.3 Å². The SMILES string of the molecule is CN=C(c1cc(C2CC2)on1)N(C1CCCCC1)C1CCCCC1. The van der Waals surface area contributed by atoms with Gasteiger partial charge in [0.1, 0.15) is 11.5 Å². The molecule has 0 bridgehead atoms. The van der Waals surface area contributed by atoms with Gasteiger partial charge in [-0.25, -0.2) is 0 Å². The van der Waals surface area contributed by atoms with Crippen molar-refractivity contribution >= 4 is 5.84 Å². The van der Waals surface area contributed by atoms with E-state index in [1.165, 1.54) is 77.0 Å². The summed E-state index contributed by atoms with van der Waals surface area (Å²) in [5, 5.41) is 4.41. The first kappa shape index (κ1) is 16.2. The Labute approximate surface area is 145 Å². The number of nitrogens with zero attached hydrogens (tertiary/aromatic N) is 3. The highest BCUT2D eigenvalue weighted by Gasteiger charge is 2.34. The summed E-state index contributed by atoms with van der Waals surface area (Å²) in [6.45, 7) is 0. The van der Waals surface area contributed by atoms with Gasteiger partial charge in [-0.3, -0.25) is 4.99 Å². The van der Waals surface area contributed by atoms with Gasteiger partial charge in [0.05, 0.1) is 0 Å². The maximum atomic E-state index is 5.64. The molecule has 1 heterocycles. The number of rotatable bonds is 4. The van der Waals surface area contributed by atoms with E-state index in [9.17, 15) is 0 Å². The smallest absolute Gasteiger partial charge is 0.153 e. The second-order valence-corrected chi connectivity index (χ2v) is 7.93. The fraction of sp³-hybridized carbons (Fsp3) is 0.800. The first-order valence-electron chi connectivity index (χ1n) is 10.1. The van der Waals surface area contributed by atoms with Crippen LogP contribution in [0.3, 0.4) is 0 Å². The Bertz CT molecular complexity index is 545. The normalized spacial score (nSPS) is 24.3. The Kier molecular flexibility index (Phi) is 4.91.